The van der Waals surface area contributed by atoms with E-state index in [1.54, 1.807) is 19.9 Å². The molecule has 2 aromatic carbocycles. The van der Waals surface area contributed by atoms with Gasteiger partial charge in [0, 0.05) is 11.8 Å². The number of hydrogen-bond donors (Lipinski definition) is 0. The Bertz CT molecular complexity index is 1260. The molecule has 0 radical (unpaired) electrons. The topological polar surface area (TPSA) is 45.7 Å². The van der Waals surface area contributed by atoms with E-state index in [9.17, 15) is 26.7 Å². The summed E-state index contributed by atoms with van der Waals surface area (Å²) in [4.78, 5) is 20.2. The molecule has 4 rings (SSSR count). The van der Waals surface area contributed by atoms with Crippen molar-refractivity contribution in [1.29, 1.82) is 0 Å². The van der Waals surface area contributed by atoms with E-state index in [0.717, 1.165) is 6.07 Å². The minimum absolute atomic E-state index is 0.126. The summed E-state index contributed by atoms with van der Waals surface area (Å²) in [5.41, 5.74) is -0.281. The molecule has 10 heteroatoms. The summed E-state index contributed by atoms with van der Waals surface area (Å²) in [5, 5.41) is 0. The molecule has 0 N–H and O–H groups in total. The first kappa shape index (κ1) is 22.5. The third-order valence-electron chi connectivity index (χ3n) is 5.42. The number of anilines is 3. The Labute approximate surface area is 186 Å². The SMILES string of the molecule is COc1ccc(N2CN(c3ccc(F)cc3C)c3cc(C(F)(F)F)c(F)cc3C2=O)c(C)n1. The van der Waals surface area contributed by atoms with Gasteiger partial charge < -0.3 is 9.64 Å². The first-order valence-corrected chi connectivity index (χ1v) is 9.79. The molecule has 0 saturated carbocycles. The van der Waals surface area contributed by atoms with Gasteiger partial charge in [0.05, 0.1) is 35.3 Å². The van der Waals surface area contributed by atoms with Crippen LogP contribution in [0.15, 0.2) is 42.5 Å². The molecule has 172 valence electrons. The van der Waals surface area contributed by atoms with Crippen molar-refractivity contribution in [1.82, 2.24) is 4.98 Å². The van der Waals surface area contributed by atoms with Crippen LogP contribution in [0.25, 0.3) is 0 Å². The van der Waals surface area contributed by atoms with Gasteiger partial charge in [-0.25, -0.2) is 13.8 Å². The highest BCUT2D eigenvalue weighted by atomic mass is 19.4. The summed E-state index contributed by atoms with van der Waals surface area (Å²) < 4.78 is 73.5. The molecule has 0 bridgehead atoms. The van der Waals surface area contributed by atoms with Crippen molar-refractivity contribution in [2.45, 2.75) is 20.0 Å². The zero-order valence-corrected chi connectivity index (χ0v) is 17.8. The number of hydrogen-bond acceptors (Lipinski definition) is 4. The van der Waals surface area contributed by atoms with Crippen LogP contribution < -0.4 is 14.5 Å². The van der Waals surface area contributed by atoms with Crippen molar-refractivity contribution in [3.05, 3.63) is 76.5 Å². The molecule has 0 fully saturated rings. The van der Waals surface area contributed by atoms with Gasteiger partial charge in [0.1, 0.15) is 18.3 Å². The van der Waals surface area contributed by atoms with Crippen LogP contribution in [0, 0.1) is 25.5 Å². The van der Waals surface area contributed by atoms with Crippen LogP contribution in [0.3, 0.4) is 0 Å². The fourth-order valence-electron chi connectivity index (χ4n) is 3.84. The Morgan fingerprint density at radius 2 is 1.64 bits per heavy atom. The molecule has 5 nitrogen and oxygen atoms in total. The van der Waals surface area contributed by atoms with Crippen LogP contribution in [-0.4, -0.2) is 24.7 Å². The average molecular weight is 463 g/mol. The number of nitrogens with zero attached hydrogens (tertiary/aromatic N) is 3. The zero-order valence-electron chi connectivity index (χ0n) is 17.8. The van der Waals surface area contributed by atoms with E-state index >= 15 is 0 Å². The lowest BCUT2D eigenvalue weighted by molar-refractivity contribution is -0.139. The minimum atomic E-state index is -4.96. The number of amides is 1. The fraction of sp³-hybridized carbons (Fsp3) is 0.217. The van der Waals surface area contributed by atoms with Crippen LogP contribution >= 0.6 is 0 Å². The summed E-state index contributed by atoms with van der Waals surface area (Å²) in [6.45, 7) is 3.03. The number of methoxy groups -OCH3 is 1. The van der Waals surface area contributed by atoms with Gasteiger partial charge in [-0.15, -0.1) is 0 Å². The van der Waals surface area contributed by atoms with Crippen molar-refractivity contribution in [3.63, 3.8) is 0 Å². The summed E-state index contributed by atoms with van der Waals surface area (Å²) >= 11 is 0. The lowest BCUT2D eigenvalue weighted by Gasteiger charge is -2.39. The van der Waals surface area contributed by atoms with Crippen molar-refractivity contribution in [3.8, 4) is 5.88 Å². The van der Waals surface area contributed by atoms with Gasteiger partial charge in [0.25, 0.3) is 5.91 Å². The number of aromatic nitrogens is 1. The highest BCUT2D eigenvalue weighted by Gasteiger charge is 2.39. The lowest BCUT2D eigenvalue weighted by Crippen LogP contribution is -2.45. The van der Waals surface area contributed by atoms with E-state index in [2.05, 4.69) is 4.98 Å². The Hall–Kier alpha value is -3.69. The maximum absolute atomic E-state index is 14.4. The number of benzene rings is 2. The number of carbonyl (C=O) groups excluding carboxylic acids is 1. The molecule has 0 unspecified atom stereocenters. The summed E-state index contributed by atoms with van der Waals surface area (Å²) in [6.07, 6.45) is -4.96. The minimum Gasteiger partial charge on any atom is -0.481 e. The van der Waals surface area contributed by atoms with Crippen molar-refractivity contribution < 1.29 is 31.5 Å². The monoisotopic (exact) mass is 463 g/mol. The molecular formula is C23H18F5N3O2. The highest BCUT2D eigenvalue weighted by molar-refractivity contribution is 6.13. The average Bonchev–Trinajstić information content (AvgIpc) is 2.74. The molecule has 1 aliphatic heterocycles. The number of fused-ring (bicyclic) bond motifs is 1. The first-order chi connectivity index (χ1) is 15.5. The van der Waals surface area contributed by atoms with Crippen LogP contribution in [0.5, 0.6) is 5.88 Å². The second-order valence-electron chi connectivity index (χ2n) is 7.54. The number of alkyl halides is 3. The van der Waals surface area contributed by atoms with E-state index in [4.69, 9.17) is 4.74 Å². The Morgan fingerprint density at radius 1 is 0.939 bits per heavy atom. The number of rotatable bonds is 3. The number of pyridine rings is 1. The molecule has 1 aromatic heterocycles. The molecule has 0 atom stereocenters. The standard InChI is InChI=1S/C23H18F5N3O2/c1-12-8-14(24)4-5-18(12)30-11-31(19-6-7-21(33-3)29-13(19)2)22(32)15-9-17(25)16(10-20(15)30)23(26,27)28/h4-10H,11H2,1-3H3. The first-order valence-electron chi connectivity index (χ1n) is 9.79. The number of ether oxygens (including phenoxy) is 1. The van der Waals surface area contributed by atoms with Crippen LogP contribution in [-0.2, 0) is 6.18 Å². The third-order valence-corrected chi connectivity index (χ3v) is 5.42. The van der Waals surface area contributed by atoms with Crippen molar-refractivity contribution >= 4 is 23.0 Å². The Kier molecular flexibility index (Phi) is 5.47. The quantitative estimate of drug-likeness (QED) is 0.464. The lowest BCUT2D eigenvalue weighted by atomic mass is 10.0. The number of aryl methyl sites for hydroxylation is 2. The second kappa shape index (κ2) is 8.02. The van der Waals surface area contributed by atoms with Crippen molar-refractivity contribution in [2.75, 3.05) is 23.6 Å². The molecule has 33 heavy (non-hydrogen) atoms. The zero-order chi connectivity index (χ0) is 24.1. The molecule has 1 amide bonds. The van der Waals surface area contributed by atoms with E-state index in [-0.39, 0.29) is 17.9 Å². The van der Waals surface area contributed by atoms with E-state index in [0.29, 0.717) is 40.6 Å². The molecule has 0 saturated heterocycles. The van der Waals surface area contributed by atoms with Crippen molar-refractivity contribution in [2.24, 2.45) is 0 Å². The van der Waals surface area contributed by atoms with Crippen LogP contribution in [0.2, 0.25) is 0 Å². The van der Waals surface area contributed by atoms with Gasteiger partial charge in [0.15, 0.2) is 0 Å². The van der Waals surface area contributed by atoms with Gasteiger partial charge in [-0.3, -0.25) is 9.69 Å². The summed E-state index contributed by atoms with van der Waals surface area (Å²) in [7, 11) is 1.43. The number of halogens is 5. The van der Waals surface area contributed by atoms with Crippen LogP contribution in [0.4, 0.5) is 39.0 Å². The molecule has 2 heterocycles. The Morgan fingerprint density at radius 3 is 2.24 bits per heavy atom. The molecular weight excluding hydrogens is 445 g/mol. The largest absolute Gasteiger partial charge is 0.481 e. The van der Waals surface area contributed by atoms with E-state index < -0.39 is 29.3 Å². The van der Waals surface area contributed by atoms with E-state index in [1.807, 2.05) is 0 Å². The molecule has 0 spiro atoms. The third kappa shape index (κ3) is 3.96. The maximum Gasteiger partial charge on any atom is 0.419 e. The van der Waals surface area contributed by atoms with Crippen LogP contribution in [0.1, 0.15) is 27.2 Å². The summed E-state index contributed by atoms with van der Waals surface area (Å²) in [6, 6.07) is 8.11. The Balaban J connectivity index is 1.94. The normalized spacial score (nSPS) is 13.9. The maximum atomic E-state index is 14.4. The smallest absolute Gasteiger partial charge is 0.419 e. The van der Waals surface area contributed by atoms with Gasteiger partial charge in [-0.05, 0) is 55.8 Å². The molecule has 3 aromatic rings. The highest BCUT2D eigenvalue weighted by Crippen LogP contribution is 2.42. The predicted molar refractivity (Wildman–Crippen MR) is 112 cm³/mol. The fourth-order valence-corrected chi connectivity index (χ4v) is 3.84. The van der Waals surface area contributed by atoms with Gasteiger partial charge >= 0.3 is 6.18 Å². The van der Waals surface area contributed by atoms with Gasteiger partial charge in [-0.1, -0.05) is 0 Å². The van der Waals surface area contributed by atoms with Gasteiger partial charge in [-0.2, -0.15) is 13.2 Å². The second-order valence-corrected chi connectivity index (χ2v) is 7.54. The summed E-state index contributed by atoms with van der Waals surface area (Å²) in [5.74, 6) is -2.46. The van der Waals surface area contributed by atoms with Gasteiger partial charge in [0.2, 0.25) is 5.88 Å². The molecule has 0 aliphatic carbocycles. The molecule has 1 aliphatic rings. The predicted octanol–water partition coefficient (Wildman–Crippen LogP) is 5.76. The van der Waals surface area contributed by atoms with E-state index in [1.165, 1.54) is 35.1 Å². The number of carbonyl (C=O) groups is 1.